The van der Waals surface area contributed by atoms with Gasteiger partial charge in [-0.05, 0) is 42.7 Å². The van der Waals surface area contributed by atoms with Crippen molar-refractivity contribution >= 4 is 40.7 Å². The van der Waals surface area contributed by atoms with Gasteiger partial charge in [-0.1, -0.05) is 35.9 Å². The van der Waals surface area contributed by atoms with Crippen molar-refractivity contribution in [3.8, 4) is 0 Å². The molecular weight excluding hydrogens is 430 g/mol. The molecule has 0 atom stereocenters. The fourth-order valence-corrected chi connectivity index (χ4v) is 4.43. The third-order valence-electron chi connectivity index (χ3n) is 6.17. The van der Waals surface area contributed by atoms with Crippen LogP contribution in [0.4, 0.5) is 11.4 Å². The van der Waals surface area contributed by atoms with E-state index in [0.29, 0.717) is 36.2 Å². The van der Waals surface area contributed by atoms with Gasteiger partial charge in [0.25, 0.3) is 0 Å². The SMILES string of the molecule is O=C(CCC(=O)N1CC(=O)Nc2ccccc21)NCC1(c2ccc(Cl)cc2)CCOCC1. The number of anilines is 2. The van der Waals surface area contributed by atoms with Crippen LogP contribution < -0.4 is 15.5 Å². The van der Waals surface area contributed by atoms with E-state index in [1.165, 1.54) is 4.90 Å². The highest BCUT2D eigenvalue weighted by Crippen LogP contribution is 2.35. The Morgan fingerprint density at radius 1 is 1.06 bits per heavy atom. The van der Waals surface area contributed by atoms with Gasteiger partial charge in [0.1, 0.15) is 6.54 Å². The Labute approximate surface area is 192 Å². The predicted octanol–water partition coefficient (Wildman–Crippen LogP) is 3.27. The number of nitrogens with one attached hydrogen (secondary N) is 2. The Hall–Kier alpha value is -2.90. The minimum absolute atomic E-state index is 0.0322. The van der Waals surface area contributed by atoms with Crippen LogP contribution in [0.5, 0.6) is 0 Å². The van der Waals surface area contributed by atoms with E-state index in [1.807, 2.05) is 30.3 Å². The summed E-state index contributed by atoms with van der Waals surface area (Å²) in [4.78, 5) is 38.8. The maximum Gasteiger partial charge on any atom is 0.244 e. The van der Waals surface area contributed by atoms with Crippen molar-refractivity contribution in [1.82, 2.24) is 5.32 Å². The van der Waals surface area contributed by atoms with Gasteiger partial charge in [0.15, 0.2) is 0 Å². The van der Waals surface area contributed by atoms with Crippen LogP contribution in [-0.2, 0) is 24.5 Å². The van der Waals surface area contributed by atoms with Crippen LogP contribution in [0.25, 0.3) is 0 Å². The molecule has 32 heavy (non-hydrogen) atoms. The fourth-order valence-electron chi connectivity index (χ4n) is 4.30. The second-order valence-electron chi connectivity index (χ2n) is 8.22. The number of benzene rings is 2. The van der Waals surface area contributed by atoms with E-state index in [1.54, 1.807) is 18.2 Å². The molecule has 2 heterocycles. The van der Waals surface area contributed by atoms with Gasteiger partial charge in [0.05, 0.1) is 11.4 Å². The Kier molecular flexibility index (Phi) is 6.77. The van der Waals surface area contributed by atoms with Crippen molar-refractivity contribution in [2.45, 2.75) is 31.1 Å². The molecule has 0 bridgehead atoms. The number of ether oxygens (including phenoxy) is 1. The van der Waals surface area contributed by atoms with E-state index in [-0.39, 0.29) is 42.5 Å². The summed E-state index contributed by atoms with van der Waals surface area (Å²) in [5.41, 5.74) is 2.16. The maximum absolute atomic E-state index is 12.8. The molecule has 2 aliphatic rings. The molecule has 2 aromatic carbocycles. The lowest BCUT2D eigenvalue weighted by Crippen LogP contribution is -2.45. The fraction of sp³-hybridized carbons (Fsp3) is 0.375. The van der Waals surface area contributed by atoms with E-state index in [4.69, 9.17) is 16.3 Å². The molecule has 2 aromatic rings. The van der Waals surface area contributed by atoms with Gasteiger partial charge in [-0.15, -0.1) is 0 Å². The Morgan fingerprint density at radius 3 is 2.53 bits per heavy atom. The number of carbonyl (C=O) groups excluding carboxylic acids is 3. The molecule has 0 radical (unpaired) electrons. The smallest absolute Gasteiger partial charge is 0.244 e. The highest BCUT2D eigenvalue weighted by atomic mass is 35.5. The summed E-state index contributed by atoms with van der Waals surface area (Å²) in [6, 6.07) is 14.9. The first-order chi connectivity index (χ1) is 15.5. The Morgan fingerprint density at radius 2 is 1.78 bits per heavy atom. The zero-order valence-electron chi connectivity index (χ0n) is 17.7. The van der Waals surface area contributed by atoms with E-state index < -0.39 is 0 Å². The largest absolute Gasteiger partial charge is 0.381 e. The topological polar surface area (TPSA) is 87.7 Å². The number of carbonyl (C=O) groups is 3. The lowest BCUT2D eigenvalue weighted by Gasteiger charge is -2.38. The van der Waals surface area contributed by atoms with Crippen LogP contribution in [-0.4, -0.2) is 44.0 Å². The highest BCUT2D eigenvalue weighted by Gasteiger charge is 2.35. The van der Waals surface area contributed by atoms with Crippen LogP contribution in [0.3, 0.4) is 0 Å². The zero-order chi connectivity index (χ0) is 22.6. The number of fused-ring (bicyclic) bond motifs is 1. The molecule has 4 rings (SSSR count). The highest BCUT2D eigenvalue weighted by molar-refractivity contribution is 6.30. The number of rotatable bonds is 6. The number of hydrogen-bond acceptors (Lipinski definition) is 4. The van der Waals surface area contributed by atoms with Crippen LogP contribution in [0, 0.1) is 0 Å². The van der Waals surface area contributed by atoms with Crippen LogP contribution in [0.1, 0.15) is 31.2 Å². The first-order valence-electron chi connectivity index (χ1n) is 10.8. The zero-order valence-corrected chi connectivity index (χ0v) is 18.5. The van der Waals surface area contributed by atoms with Crippen molar-refractivity contribution in [1.29, 1.82) is 0 Å². The Balaban J connectivity index is 1.36. The minimum Gasteiger partial charge on any atom is -0.381 e. The van der Waals surface area contributed by atoms with Gasteiger partial charge in [-0.25, -0.2) is 0 Å². The summed E-state index contributed by atoms with van der Waals surface area (Å²) >= 11 is 6.04. The van der Waals surface area contributed by atoms with Crippen molar-refractivity contribution < 1.29 is 19.1 Å². The standard InChI is InChI=1S/C24H26ClN3O4/c25-18-7-5-17(6-8-18)24(11-13-32-14-12-24)16-26-21(29)9-10-23(31)28-15-22(30)27-19-3-1-2-4-20(19)28/h1-8H,9-16H2,(H,26,29)(H,27,30). The molecule has 0 aromatic heterocycles. The van der Waals surface area contributed by atoms with Gasteiger partial charge in [0, 0.05) is 43.0 Å². The van der Waals surface area contributed by atoms with Gasteiger partial charge >= 0.3 is 0 Å². The monoisotopic (exact) mass is 455 g/mol. The molecule has 8 heteroatoms. The summed E-state index contributed by atoms with van der Waals surface area (Å²) in [6.07, 6.45) is 1.69. The molecule has 1 saturated heterocycles. The van der Waals surface area contributed by atoms with Crippen molar-refractivity contribution in [2.24, 2.45) is 0 Å². The number of para-hydroxylation sites is 2. The molecule has 168 valence electrons. The predicted molar refractivity (Wildman–Crippen MR) is 123 cm³/mol. The molecule has 0 unspecified atom stereocenters. The second-order valence-corrected chi connectivity index (χ2v) is 8.66. The lowest BCUT2D eigenvalue weighted by atomic mass is 9.74. The molecule has 2 aliphatic heterocycles. The third-order valence-corrected chi connectivity index (χ3v) is 6.42. The van der Waals surface area contributed by atoms with Crippen molar-refractivity contribution in [3.05, 3.63) is 59.1 Å². The van der Waals surface area contributed by atoms with Gasteiger partial charge in [-0.3, -0.25) is 14.4 Å². The lowest BCUT2D eigenvalue weighted by molar-refractivity contribution is -0.126. The van der Waals surface area contributed by atoms with Gasteiger partial charge in [-0.2, -0.15) is 0 Å². The van der Waals surface area contributed by atoms with Crippen molar-refractivity contribution in [3.63, 3.8) is 0 Å². The number of nitrogens with zero attached hydrogens (tertiary/aromatic N) is 1. The first kappa shape index (κ1) is 22.3. The third kappa shape index (κ3) is 4.95. The molecule has 7 nitrogen and oxygen atoms in total. The summed E-state index contributed by atoms with van der Waals surface area (Å²) in [6.45, 7) is 1.69. The van der Waals surface area contributed by atoms with Crippen molar-refractivity contribution in [2.75, 3.05) is 36.5 Å². The quantitative estimate of drug-likeness (QED) is 0.699. The van der Waals surface area contributed by atoms with Gasteiger partial charge < -0.3 is 20.3 Å². The molecule has 0 saturated carbocycles. The van der Waals surface area contributed by atoms with Crippen LogP contribution >= 0.6 is 11.6 Å². The summed E-state index contributed by atoms with van der Waals surface area (Å²) in [5, 5.41) is 6.45. The summed E-state index contributed by atoms with van der Waals surface area (Å²) < 4.78 is 5.54. The molecule has 3 amide bonds. The maximum atomic E-state index is 12.8. The van der Waals surface area contributed by atoms with Crippen LogP contribution in [0.2, 0.25) is 5.02 Å². The van der Waals surface area contributed by atoms with E-state index in [9.17, 15) is 14.4 Å². The van der Waals surface area contributed by atoms with Gasteiger partial charge in [0.2, 0.25) is 17.7 Å². The van der Waals surface area contributed by atoms with Crippen LogP contribution in [0.15, 0.2) is 48.5 Å². The summed E-state index contributed by atoms with van der Waals surface area (Å²) in [7, 11) is 0. The van der Waals surface area contributed by atoms with E-state index in [0.717, 1.165) is 18.4 Å². The second kappa shape index (κ2) is 9.71. The average Bonchev–Trinajstić information content (AvgIpc) is 2.81. The number of hydrogen-bond donors (Lipinski definition) is 2. The van der Waals surface area contributed by atoms with E-state index >= 15 is 0 Å². The van der Waals surface area contributed by atoms with E-state index in [2.05, 4.69) is 10.6 Å². The minimum atomic E-state index is -0.249. The molecular formula is C24H26ClN3O4. The first-order valence-corrected chi connectivity index (χ1v) is 11.1. The number of amides is 3. The summed E-state index contributed by atoms with van der Waals surface area (Å²) in [5.74, 6) is -0.681. The molecule has 2 N–H and O–H groups in total. The number of halogens is 1. The normalized spacial score (nSPS) is 17.3. The molecule has 0 aliphatic carbocycles. The molecule has 0 spiro atoms. The Bertz CT molecular complexity index is 1000. The average molecular weight is 456 g/mol. The molecule has 1 fully saturated rings.